The highest BCUT2D eigenvalue weighted by atomic mass is 17.2. The van der Waals surface area contributed by atoms with Crippen molar-refractivity contribution in [1.82, 2.24) is 0 Å². The number of aliphatic hydroxyl groups is 4. The van der Waals surface area contributed by atoms with E-state index >= 15 is 0 Å². The lowest BCUT2D eigenvalue weighted by Crippen LogP contribution is -2.59. The van der Waals surface area contributed by atoms with Gasteiger partial charge in [0, 0.05) is 0 Å². The largest absolute Gasteiger partial charge is 0.394 e. The zero-order chi connectivity index (χ0) is 19.4. The van der Waals surface area contributed by atoms with Crippen LogP contribution in [0, 0.1) is 0 Å². The first-order chi connectivity index (χ1) is 12.5. The molecule has 6 atom stereocenters. The lowest BCUT2D eigenvalue weighted by Gasteiger charge is -2.39. The van der Waals surface area contributed by atoms with Crippen LogP contribution in [0.25, 0.3) is 0 Å². The van der Waals surface area contributed by atoms with Crippen LogP contribution in [0.15, 0.2) is 0 Å². The van der Waals surface area contributed by atoms with Crippen molar-refractivity contribution in [2.45, 2.75) is 115 Å². The Labute approximate surface area is 157 Å². The second-order valence-corrected chi connectivity index (χ2v) is 7.21. The highest BCUT2D eigenvalue weighted by molar-refractivity contribution is 4.88. The van der Waals surface area contributed by atoms with E-state index in [4.69, 9.17) is 14.5 Å². The van der Waals surface area contributed by atoms with Gasteiger partial charge in [0.1, 0.15) is 24.4 Å². The lowest BCUT2D eigenvalue weighted by molar-refractivity contribution is -0.440. The molecule has 1 rings (SSSR count). The zero-order valence-electron chi connectivity index (χ0n) is 16.3. The monoisotopic (exact) mass is 378 g/mol. The minimum absolute atomic E-state index is 0.101. The Balaban J connectivity index is 2.46. The number of unbranched alkanes of at least 4 members (excludes halogenated alkanes) is 6. The average molecular weight is 379 g/mol. The van der Waals surface area contributed by atoms with Gasteiger partial charge in [-0.25, -0.2) is 9.78 Å². The topological polar surface area (TPSA) is 109 Å². The number of ether oxygens (including phenoxy) is 1. The molecular formula is C19H38O7. The summed E-state index contributed by atoms with van der Waals surface area (Å²) in [6.45, 7) is 3.85. The molecule has 156 valence electrons. The molecule has 0 aromatic heterocycles. The first-order valence-electron chi connectivity index (χ1n) is 10.2. The molecule has 0 aromatic rings. The van der Waals surface area contributed by atoms with Crippen molar-refractivity contribution in [2.75, 3.05) is 6.61 Å². The third kappa shape index (κ3) is 8.17. The fourth-order valence-electron chi connectivity index (χ4n) is 3.12. The quantitative estimate of drug-likeness (QED) is 0.208. The molecule has 0 spiro atoms. The Hall–Kier alpha value is -0.280. The van der Waals surface area contributed by atoms with E-state index in [9.17, 15) is 20.4 Å². The van der Waals surface area contributed by atoms with Crippen LogP contribution in [-0.2, 0) is 14.5 Å². The molecule has 4 N–H and O–H groups in total. The summed E-state index contributed by atoms with van der Waals surface area (Å²) in [6.07, 6.45) is 4.25. The van der Waals surface area contributed by atoms with Crippen molar-refractivity contribution in [3.63, 3.8) is 0 Å². The molecule has 0 bridgehead atoms. The normalized spacial score (nSPS) is 30.5. The maximum absolute atomic E-state index is 10.00. The molecule has 1 fully saturated rings. The van der Waals surface area contributed by atoms with Crippen molar-refractivity contribution in [2.24, 2.45) is 0 Å². The maximum Gasteiger partial charge on any atom is 0.220 e. The van der Waals surface area contributed by atoms with Gasteiger partial charge in [-0.1, -0.05) is 65.2 Å². The summed E-state index contributed by atoms with van der Waals surface area (Å²) in [5, 5.41) is 38.8. The predicted octanol–water partition coefficient (Wildman–Crippen LogP) is 2.04. The van der Waals surface area contributed by atoms with E-state index in [0.29, 0.717) is 0 Å². The Bertz CT molecular complexity index is 340. The van der Waals surface area contributed by atoms with Gasteiger partial charge < -0.3 is 25.2 Å². The Morgan fingerprint density at radius 3 is 2.00 bits per heavy atom. The summed E-state index contributed by atoms with van der Waals surface area (Å²) in [4.78, 5) is 10.8. The van der Waals surface area contributed by atoms with Gasteiger partial charge in [-0.3, -0.25) is 0 Å². The van der Waals surface area contributed by atoms with Gasteiger partial charge in [-0.2, -0.15) is 0 Å². The molecule has 0 aromatic carbocycles. The zero-order valence-corrected chi connectivity index (χ0v) is 16.3. The molecule has 0 saturated carbocycles. The standard InChI is InChI=1S/C19H38O7/c1-3-5-7-8-10-12-14(11-9-6-4-2)25-26-19-18(23)17(22)16(21)15(13-20)24-19/h14-23H,3-13H2,1-2H3/t14?,15-,16-,17+,18-,19-/m1/s1. The summed E-state index contributed by atoms with van der Waals surface area (Å²) in [7, 11) is 0. The summed E-state index contributed by atoms with van der Waals surface area (Å²) in [5.41, 5.74) is 0. The lowest BCUT2D eigenvalue weighted by atomic mass is 9.99. The first kappa shape index (κ1) is 23.8. The summed E-state index contributed by atoms with van der Waals surface area (Å²) < 4.78 is 5.31. The number of aliphatic hydroxyl groups excluding tert-OH is 4. The molecule has 1 aliphatic heterocycles. The number of rotatable bonds is 14. The van der Waals surface area contributed by atoms with Crippen molar-refractivity contribution < 1.29 is 34.9 Å². The molecule has 7 heteroatoms. The minimum Gasteiger partial charge on any atom is -0.394 e. The SMILES string of the molecule is CCCCCCCC(CCCCC)OO[C@H]1O[C@H](CO)[C@@H](O)[C@H](O)[C@H]1O. The van der Waals surface area contributed by atoms with E-state index < -0.39 is 37.3 Å². The molecule has 0 radical (unpaired) electrons. The van der Waals surface area contributed by atoms with E-state index in [1.807, 2.05) is 0 Å². The smallest absolute Gasteiger partial charge is 0.220 e. The Kier molecular flexibility index (Phi) is 12.6. The van der Waals surface area contributed by atoms with Gasteiger partial charge in [0.05, 0.1) is 12.7 Å². The van der Waals surface area contributed by atoms with Crippen LogP contribution in [-0.4, -0.2) is 63.8 Å². The van der Waals surface area contributed by atoms with E-state index in [1.54, 1.807) is 0 Å². The van der Waals surface area contributed by atoms with Gasteiger partial charge in [-0.15, -0.1) is 0 Å². The van der Waals surface area contributed by atoms with Crippen molar-refractivity contribution in [1.29, 1.82) is 0 Å². The molecule has 26 heavy (non-hydrogen) atoms. The number of hydrogen-bond donors (Lipinski definition) is 4. The van der Waals surface area contributed by atoms with Crippen LogP contribution >= 0.6 is 0 Å². The molecule has 1 aliphatic rings. The van der Waals surface area contributed by atoms with E-state index in [-0.39, 0.29) is 6.10 Å². The maximum atomic E-state index is 10.00. The predicted molar refractivity (Wildman–Crippen MR) is 97.2 cm³/mol. The van der Waals surface area contributed by atoms with Crippen LogP contribution in [0.1, 0.15) is 78.1 Å². The fraction of sp³-hybridized carbons (Fsp3) is 1.00. The molecule has 1 unspecified atom stereocenters. The van der Waals surface area contributed by atoms with Crippen molar-refractivity contribution in [3.8, 4) is 0 Å². The Morgan fingerprint density at radius 1 is 0.808 bits per heavy atom. The number of hydrogen-bond acceptors (Lipinski definition) is 7. The van der Waals surface area contributed by atoms with Crippen LogP contribution in [0.2, 0.25) is 0 Å². The highest BCUT2D eigenvalue weighted by Crippen LogP contribution is 2.24. The highest BCUT2D eigenvalue weighted by Gasteiger charge is 2.44. The van der Waals surface area contributed by atoms with E-state index in [1.165, 1.54) is 19.3 Å². The van der Waals surface area contributed by atoms with Gasteiger partial charge in [-0.05, 0) is 12.8 Å². The second-order valence-electron chi connectivity index (χ2n) is 7.21. The third-order valence-electron chi connectivity index (χ3n) is 4.89. The first-order valence-corrected chi connectivity index (χ1v) is 10.2. The summed E-state index contributed by atoms with van der Waals surface area (Å²) in [5.74, 6) is 0. The van der Waals surface area contributed by atoms with Gasteiger partial charge in [0.2, 0.25) is 6.29 Å². The van der Waals surface area contributed by atoms with E-state index in [0.717, 1.165) is 44.9 Å². The van der Waals surface area contributed by atoms with Crippen molar-refractivity contribution >= 4 is 0 Å². The van der Waals surface area contributed by atoms with Crippen LogP contribution in [0.3, 0.4) is 0 Å². The molecule has 0 aliphatic carbocycles. The molecule has 1 heterocycles. The van der Waals surface area contributed by atoms with Gasteiger partial charge in [0.15, 0.2) is 0 Å². The minimum atomic E-state index is -1.46. The molecule has 7 nitrogen and oxygen atoms in total. The summed E-state index contributed by atoms with van der Waals surface area (Å²) in [6, 6.07) is 0. The molecule has 1 saturated heterocycles. The average Bonchev–Trinajstić information content (AvgIpc) is 2.65. The van der Waals surface area contributed by atoms with E-state index in [2.05, 4.69) is 13.8 Å². The third-order valence-corrected chi connectivity index (χ3v) is 4.89. The second kappa shape index (κ2) is 13.8. The summed E-state index contributed by atoms with van der Waals surface area (Å²) >= 11 is 0. The fourth-order valence-corrected chi connectivity index (χ4v) is 3.12. The Morgan fingerprint density at radius 2 is 1.38 bits per heavy atom. The molecular weight excluding hydrogens is 340 g/mol. The van der Waals surface area contributed by atoms with Crippen molar-refractivity contribution in [3.05, 3.63) is 0 Å². The molecule has 0 amide bonds. The van der Waals surface area contributed by atoms with Crippen LogP contribution in [0.5, 0.6) is 0 Å². The van der Waals surface area contributed by atoms with Gasteiger partial charge in [0.25, 0.3) is 0 Å². The van der Waals surface area contributed by atoms with Crippen LogP contribution in [0.4, 0.5) is 0 Å². The van der Waals surface area contributed by atoms with Gasteiger partial charge >= 0.3 is 0 Å². The van der Waals surface area contributed by atoms with Crippen LogP contribution < -0.4 is 0 Å².